The van der Waals surface area contributed by atoms with Crippen molar-refractivity contribution >= 4 is 0 Å². The molecule has 3 rings (SSSR count). The Morgan fingerprint density at radius 2 is 2.00 bits per heavy atom. The molecular weight excluding hydrogens is 236 g/mol. The van der Waals surface area contributed by atoms with Gasteiger partial charge in [-0.3, -0.25) is 4.90 Å². The Hall–Kier alpha value is -0.900. The van der Waals surface area contributed by atoms with Crippen LogP contribution in [0.2, 0.25) is 0 Å². The Morgan fingerprint density at radius 1 is 1.26 bits per heavy atom. The van der Waals surface area contributed by atoms with E-state index in [1.165, 1.54) is 5.56 Å². The molecule has 0 amide bonds. The number of nitrogens with zero attached hydrogens (tertiary/aromatic N) is 1. The van der Waals surface area contributed by atoms with Crippen LogP contribution < -0.4 is 5.32 Å². The van der Waals surface area contributed by atoms with Crippen LogP contribution in [0.1, 0.15) is 31.4 Å². The Balaban J connectivity index is 1.81. The normalized spacial score (nSPS) is 27.5. The van der Waals surface area contributed by atoms with Gasteiger partial charge >= 0.3 is 0 Å². The summed E-state index contributed by atoms with van der Waals surface area (Å²) in [7, 11) is 0. The van der Waals surface area contributed by atoms with E-state index in [1.807, 2.05) is 0 Å². The van der Waals surface area contributed by atoms with E-state index in [9.17, 15) is 0 Å². The molecule has 104 valence electrons. The van der Waals surface area contributed by atoms with Crippen molar-refractivity contribution in [3.05, 3.63) is 35.9 Å². The van der Waals surface area contributed by atoms with E-state index < -0.39 is 0 Å². The number of nitrogens with one attached hydrogen (secondary N) is 1. The average molecular weight is 260 g/mol. The van der Waals surface area contributed by atoms with Crippen LogP contribution in [0.25, 0.3) is 0 Å². The summed E-state index contributed by atoms with van der Waals surface area (Å²) in [5, 5.41) is 3.45. The molecule has 2 saturated heterocycles. The molecule has 0 radical (unpaired) electrons. The van der Waals surface area contributed by atoms with E-state index in [-0.39, 0.29) is 11.7 Å². The lowest BCUT2D eigenvalue weighted by atomic mass is 9.88. The molecular formula is C16H24N2O. The molecule has 0 bridgehead atoms. The fraction of sp³-hybridized carbons (Fsp3) is 0.625. The highest BCUT2D eigenvalue weighted by Gasteiger charge is 2.41. The van der Waals surface area contributed by atoms with Crippen LogP contribution in [0.3, 0.4) is 0 Å². The lowest BCUT2D eigenvalue weighted by molar-refractivity contribution is -0.168. The van der Waals surface area contributed by atoms with Crippen molar-refractivity contribution in [2.75, 3.05) is 32.7 Å². The molecule has 1 atom stereocenters. The van der Waals surface area contributed by atoms with E-state index in [0.717, 1.165) is 45.6 Å². The Kier molecular flexibility index (Phi) is 3.87. The highest BCUT2D eigenvalue weighted by atomic mass is 16.5. The third-order valence-corrected chi connectivity index (χ3v) is 4.46. The summed E-state index contributed by atoms with van der Waals surface area (Å²) in [5.74, 6) is 0. The first kappa shape index (κ1) is 13.1. The zero-order valence-electron chi connectivity index (χ0n) is 11.8. The van der Waals surface area contributed by atoms with Crippen LogP contribution in [0.5, 0.6) is 0 Å². The third-order valence-electron chi connectivity index (χ3n) is 4.46. The molecule has 1 spiro atoms. The second-order valence-corrected chi connectivity index (χ2v) is 5.78. The fourth-order valence-corrected chi connectivity index (χ4v) is 3.32. The number of likely N-dealkylation sites (N-methyl/N-ethyl adjacent to an activating group) is 1. The zero-order valence-corrected chi connectivity index (χ0v) is 11.8. The van der Waals surface area contributed by atoms with Crippen LogP contribution in [0.4, 0.5) is 0 Å². The van der Waals surface area contributed by atoms with Crippen LogP contribution in [0.15, 0.2) is 30.3 Å². The second kappa shape index (κ2) is 5.61. The largest absolute Gasteiger partial charge is 0.364 e. The SMILES string of the molecule is CCN1CC(c2ccccc2)OC2(CCNCC2)C1. The van der Waals surface area contributed by atoms with Gasteiger partial charge in [0, 0.05) is 13.1 Å². The van der Waals surface area contributed by atoms with Crippen molar-refractivity contribution in [1.29, 1.82) is 0 Å². The maximum atomic E-state index is 6.55. The molecule has 3 nitrogen and oxygen atoms in total. The molecule has 2 fully saturated rings. The lowest BCUT2D eigenvalue weighted by Gasteiger charge is -2.48. The second-order valence-electron chi connectivity index (χ2n) is 5.78. The molecule has 0 saturated carbocycles. The van der Waals surface area contributed by atoms with Gasteiger partial charge in [-0.1, -0.05) is 37.3 Å². The first-order chi connectivity index (χ1) is 9.31. The van der Waals surface area contributed by atoms with Gasteiger partial charge in [-0.25, -0.2) is 0 Å². The molecule has 1 aromatic carbocycles. The molecule has 19 heavy (non-hydrogen) atoms. The smallest absolute Gasteiger partial charge is 0.0960 e. The lowest BCUT2D eigenvalue weighted by Crippen LogP contribution is -2.56. The minimum atomic E-state index is 0.0695. The monoisotopic (exact) mass is 260 g/mol. The quantitative estimate of drug-likeness (QED) is 0.882. The number of hydrogen-bond donors (Lipinski definition) is 1. The summed E-state index contributed by atoms with van der Waals surface area (Å²) in [6.45, 7) is 7.65. The Bertz CT molecular complexity index is 400. The first-order valence-corrected chi connectivity index (χ1v) is 7.47. The summed E-state index contributed by atoms with van der Waals surface area (Å²) < 4.78 is 6.55. The number of hydrogen-bond acceptors (Lipinski definition) is 3. The van der Waals surface area contributed by atoms with E-state index in [2.05, 4.69) is 47.5 Å². The Morgan fingerprint density at radius 3 is 2.68 bits per heavy atom. The molecule has 1 aromatic rings. The zero-order chi connectivity index (χ0) is 13.1. The van der Waals surface area contributed by atoms with E-state index in [1.54, 1.807) is 0 Å². The van der Waals surface area contributed by atoms with Gasteiger partial charge in [-0.15, -0.1) is 0 Å². The molecule has 0 aliphatic carbocycles. The van der Waals surface area contributed by atoms with Gasteiger partial charge in [0.2, 0.25) is 0 Å². The molecule has 2 aliphatic rings. The number of benzene rings is 1. The minimum absolute atomic E-state index is 0.0695. The van der Waals surface area contributed by atoms with E-state index in [4.69, 9.17) is 4.74 Å². The predicted molar refractivity (Wildman–Crippen MR) is 77.2 cm³/mol. The summed E-state index contributed by atoms with van der Waals surface area (Å²) in [6, 6.07) is 10.7. The maximum Gasteiger partial charge on any atom is 0.0960 e. The number of ether oxygens (including phenoxy) is 1. The molecule has 1 unspecified atom stereocenters. The van der Waals surface area contributed by atoms with Gasteiger partial charge in [0.15, 0.2) is 0 Å². The van der Waals surface area contributed by atoms with Crippen molar-refractivity contribution in [1.82, 2.24) is 10.2 Å². The number of morpholine rings is 1. The molecule has 0 aromatic heterocycles. The topological polar surface area (TPSA) is 24.5 Å². The molecule has 1 N–H and O–H groups in total. The van der Waals surface area contributed by atoms with Gasteiger partial charge in [-0.05, 0) is 38.0 Å². The van der Waals surface area contributed by atoms with Crippen molar-refractivity contribution in [3.63, 3.8) is 0 Å². The highest BCUT2D eigenvalue weighted by Crippen LogP contribution is 2.36. The predicted octanol–water partition coefficient (Wildman–Crippen LogP) is 2.20. The molecule has 3 heteroatoms. The maximum absolute atomic E-state index is 6.55. The van der Waals surface area contributed by atoms with Gasteiger partial charge in [0.25, 0.3) is 0 Å². The summed E-state index contributed by atoms with van der Waals surface area (Å²) >= 11 is 0. The first-order valence-electron chi connectivity index (χ1n) is 7.47. The fourth-order valence-electron chi connectivity index (χ4n) is 3.32. The van der Waals surface area contributed by atoms with Crippen LogP contribution in [0, 0.1) is 0 Å². The van der Waals surface area contributed by atoms with Gasteiger partial charge in [-0.2, -0.15) is 0 Å². The summed E-state index contributed by atoms with van der Waals surface area (Å²) in [6.07, 6.45) is 2.49. The van der Waals surface area contributed by atoms with Gasteiger partial charge in [0.1, 0.15) is 0 Å². The number of piperidine rings is 1. The summed E-state index contributed by atoms with van der Waals surface area (Å²) in [5.41, 5.74) is 1.39. The van der Waals surface area contributed by atoms with Crippen LogP contribution in [-0.4, -0.2) is 43.2 Å². The number of rotatable bonds is 2. The van der Waals surface area contributed by atoms with Crippen molar-refractivity contribution in [3.8, 4) is 0 Å². The van der Waals surface area contributed by atoms with Gasteiger partial charge in [0.05, 0.1) is 11.7 Å². The molecule has 2 aliphatic heterocycles. The van der Waals surface area contributed by atoms with Crippen LogP contribution in [-0.2, 0) is 4.74 Å². The van der Waals surface area contributed by atoms with Crippen LogP contribution >= 0.6 is 0 Å². The summed E-state index contributed by atoms with van der Waals surface area (Å²) in [4.78, 5) is 2.55. The van der Waals surface area contributed by atoms with Crippen molar-refractivity contribution in [2.45, 2.75) is 31.5 Å². The van der Waals surface area contributed by atoms with Crippen molar-refractivity contribution < 1.29 is 4.74 Å². The van der Waals surface area contributed by atoms with Gasteiger partial charge < -0.3 is 10.1 Å². The highest BCUT2D eigenvalue weighted by molar-refractivity contribution is 5.19. The van der Waals surface area contributed by atoms with E-state index in [0.29, 0.717) is 0 Å². The third kappa shape index (κ3) is 2.83. The molecule has 2 heterocycles. The standard InChI is InChI=1S/C16H24N2O/c1-2-18-12-15(14-6-4-3-5-7-14)19-16(13-18)8-10-17-11-9-16/h3-7,15,17H,2,8-13H2,1H3. The Labute approximate surface area is 115 Å². The average Bonchev–Trinajstić information content (AvgIpc) is 2.48. The minimum Gasteiger partial charge on any atom is -0.364 e. The van der Waals surface area contributed by atoms with E-state index >= 15 is 0 Å². The van der Waals surface area contributed by atoms with Crippen molar-refractivity contribution in [2.24, 2.45) is 0 Å².